The fourth-order valence-electron chi connectivity index (χ4n) is 2.45. The molecule has 3 heteroatoms. The Bertz CT molecular complexity index is 804. The Morgan fingerprint density at radius 3 is 2.64 bits per heavy atom. The standard InChI is InChI=1S/C19H15N2O.C3H8/c1-13-3-2-4-16(17(7-13)10-20)8-14-9-18(12-21-11-14)19(22)15-5-6-15;1-3-2/h2-7,9,11-12,17H,8H2,1H3;3H2,1-2H3. The van der Waals surface area contributed by atoms with E-state index in [0.717, 1.165) is 22.3 Å². The molecule has 2 aliphatic rings. The van der Waals surface area contributed by atoms with Crippen molar-refractivity contribution < 1.29 is 4.79 Å². The zero-order valence-corrected chi connectivity index (χ0v) is 15.0. The van der Waals surface area contributed by atoms with Crippen molar-refractivity contribution >= 4 is 5.78 Å². The Morgan fingerprint density at radius 1 is 1.28 bits per heavy atom. The number of ketones is 1. The van der Waals surface area contributed by atoms with Gasteiger partial charge in [-0.2, -0.15) is 5.26 Å². The molecule has 0 bridgehead atoms. The summed E-state index contributed by atoms with van der Waals surface area (Å²) in [6.07, 6.45) is 16.7. The Labute approximate surface area is 150 Å². The van der Waals surface area contributed by atoms with Crippen LogP contribution in [0.3, 0.4) is 0 Å². The third-order valence-corrected chi connectivity index (χ3v) is 3.70. The van der Waals surface area contributed by atoms with Crippen molar-refractivity contribution in [1.29, 1.82) is 5.26 Å². The highest BCUT2D eigenvalue weighted by atomic mass is 16.1. The lowest BCUT2D eigenvalue weighted by atomic mass is 9.93. The second kappa shape index (κ2) is 8.94. The average molecular weight is 331 g/mol. The van der Waals surface area contributed by atoms with E-state index in [-0.39, 0.29) is 11.7 Å². The molecule has 0 aliphatic heterocycles. The maximum atomic E-state index is 12.0. The minimum atomic E-state index is -0.242. The summed E-state index contributed by atoms with van der Waals surface area (Å²) in [6, 6.07) is 4.19. The second-order valence-corrected chi connectivity index (χ2v) is 6.20. The summed E-state index contributed by atoms with van der Waals surface area (Å²) in [5.74, 6) is -0.231. The number of aromatic nitrogens is 1. The molecule has 0 amide bonds. The fourth-order valence-corrected chi connectivity index (χ4v) is 2.45. The van der Waals surface area contributed by atoms with Crippen molar-refractivity contribution in [2.45, 2.75) is 33.6 Å². The van der Waals surface area contributed by atoms with Gasteiger partial charge < -0.3 is 0 Å². The first-order valence-electron chi connectivity index (χ1n) is 8.57. The van der Waals surface area contributed by atoms with Gasteiger partial charge in [0.2, 0.25) is 0 Å². The molecule has 2 aliphatic carbocycles. The Hall–Kier alpha value is -2.73. The lowest BCUT2D eigenvalue weighted by molar-refractivity contribution is 0.104. The van der Waals surface area contributed by atoms with E-state index in [4.69, 9.17) is 0 Å². The maximum absolute atomic E-state index is 12.0. The number of nitriles is 1. The number of carbonyl (C=O) groups excluding carboxylic acids is 1. The normalized spacial score (nSPS) is 17.8. The van der Waals surface area contributed by atoms with Crippen LogP contribution in [-0.2, 0) is 6.42 Å². The van der Waals surface area contributed by atoms with E-state index in [9.17, 15) is 10.1 Å². The van der Waals surface area contributed by atoms with Gasteiger partial charge in [-0.1, -0.05) is 56.2 Å². The third-order valence-electron chi connectivity index (χ3n) is 3.70. The maximum Gasteiger partial charge on any atom is 0.190 e. The van der Waals surface area contributed by atoms with Gasteiger partial charge in [-0.3, -0.25) is 9.78 Å². The van der Waals surface area contributed by atoms with Crippen LogP contribution in [-0.4, -0.2) is 10.8 Å². The lowest BCUT2D eigenvalue weighted by Crippen LogP contribution is -2.04. The van der Waals surface area contributed by atoms with Crippen LogP contribution in [0.15, 0.2) is 65.6 Å². The molecule has 0 saturated heterocycles. The van der Waals surface area contributed by atoms with E-state index in [1.54, 1.807) is 24.9 Å². The van der Waals surface area contributed by atoms with Crippen LogP contribution in [0, 0.1) is 23.7 Å². The molecule has 3 nitrogen and oxygen atoms in total. The molecule has 0 fully saturated rings. The summed E-state index contributed by atoms with van der Waals surface area (Å²) >= 11 is 0. The predicted octanol–water partition coefficient (Wildman–Crippen LogP) is 4.95. The summed E-state index contributed by atoms with van der Waals surface area (Å²) in [7, 11) is 0. The van der Waals surface area contributed by atoms with Gasteiger partial charge in [0.15, 0.2) is 5.78 Å². The molecule has 0 saturated carbocycles. The number of allylic oxidation sites excluding steroid dienone is 8. The molecule has 1 heterocycles. The minimum Gasteiger partial charge on any atom is -0.289 e. The summed E-state index contributed by atoms with van der Waals surface area (Å²) in [4.78, 5) is 16.2. The topological polar surface area (TPSA) is 53.8 Å². The average Bonchev–Trinajstić information content (AvgIpc) is 3.44. The zero-order valence-electron chi connectivity index (χ0n) is 15.0. The van der Waals surface area contributed by atoms with E-state index in [1.165, 1.54) is 6.42 Å². The van der Waals surface area contributed by atoms with Crippen molar-refractivity contribution in [3.8, 4) is 6.07 Å². The molecule has 0 spiro atoms. The van der Waals surface area contributed by atoms with Crippen molar-refractivity contribution in [3.05, 3.63) is 83.1 Å². The summed E-state index contributed by atoms with van der Waals surface area (Å²) < 4.78 is 0. The van der Waals surface area contributed by atoms with Crippen LogP contribution in [0.4, 0.5) is 0 Å². The van der Waals surface area contributed by atoms with E-state index in [0.29, 0.717) is 12.0 Å². The predicted molar refractivity (Wildman–Crippen MR) is 101 cm³/mol. The number of carbonyl (C=O) groups is 1. The van der Waals surface area contributed by atoms with Crippen LogP contribution in [0.1, 0.15) is 43.1 Å². The first-order valence-corrected chi connectivity index (χ1v) is 8.57. The van der Waals surface area contributed by atoms with E-state index >= 15 is 0 Å². The number of Topliss-reactive ketones (excluding diaryl/α,β-unsaturated/α-hetero) is 1. The van der Waals surface area contributed by atoms with Gasteiger partial charge in [0.1, 0.15) is 0 Å². The smallest absolute Gasteiger partial charge is 0.190 e. The van der Waals surface area contributed by atoms with Crippen molar-refractivity contribution in [3.63, 3.8) is 0 Å². The second-order valence-electron chi connectivity index (χ2n) is 6.20. The molecular weight excluding hydrogens is 308 g/mol. The minimum absolute atomic E-state index is 0.0108. The molecule has 25 heavy (non-hydrogen) atoms. The Kier molecular flexibility index (Phi) is 6.65. The summed E-state index contributed by atoms with van der Waals surface area (Å²) in [5.41, 5.74) is 4.38. The fraction of sp³-hybridized carbons (Fsp3) is 0.273. The van der Waals surface area contributed by atoms with Gasteiger partial charge in [-0.15, -0.1) is 0 Å². The number of pyridine rings is 1. The largest absolute Gasteiger partial charge is 0.289 e. The van der Waals surface area contributed by atoms with Gasteiger partial charge in [0.25, 0.3) is 0 Å². The Balaban J connectivity index is 0.000000701. The molecule has 127 valence electrons. The van der Waals surface area contributed by atoms with Gasteiger partial charge in [-0.05, 0) is 30.5 Å². The highest BCUT2D eigenvalue weighted by Gasteiger charge is 2.20. The zero-order chi connectivity index (χ0) is 18.2. The van der Waals surface area contributed by atoms with E-state index in [2.05, 4.69) is 24.9 Å². The van der Waals surface area contributed by atoms with Gasteiger partial charge in [0, 0.05) is 30.0 Å². The Morgan fingerprint density at radius 2 is 2.00 bits per heavy atom. The summed E-state index contributed by atoms with van der Waals surface area (Å²) in [6.45, 7) is 6.23. The van der Waals surface area contributed by atoms with Crippen LogP contribution in [0.2, 0.25) is 0 Å². The quantitative estimate of drug-likeness (QED) is 0.734. The van der Waals surface area contributed by atoms with Crippen LogP contribution in [0.5, 0.6) is 0 Å². The third kappa shape index (κ3) is 5.39. The van der Waals surface area contributed by atoms with Crippen molar-refractivity contribution in [2.24, 2.45) is 5.92 Å². The SMILES string of the molecule is CC1=CC(C#N)C(Cc2cncc(C(=O)C3=C[CH]3)c2)=CC=C1.CCC. The lowest BCUT2D eigenvalue weighted by Gasteiger charge is -2.10. The molecule has 1 atom stereocenters. The van der Waals surface area contributed by atoms with Crippen molar-refractivity contribution in [2.75, 3.05) is 0 Å². The van der Waals surface area contributed by atoms with Crippen LogP contribution < -0.4 is 0 Å². The summed E-state index contributed by atoms with van der Waals surface area (Å²) in [5, 5.41) is 9.36. The van der Waals surface area contributed by atoms with E-state index in [1.807, 2.05) is 37.3 Å². The first-order chi connectivity index (χ1) is 12.1. The van der Waals surface area contributed by atoms with Gasteiger partial charge >= 0.3 is 0 Å². The molecule has 3 rings (SSSR count). The van der Waals surface area contributed by atoms with Crippen LogP contribution >= 0.6 is 0 Å². The van der Waals surface area contributed by atoms with Crippen molar-refractivity contribution in [1.82, 2.24) is 4.98 Å². The van der Waals surface area contributed by atoms with E-state index < -0.39 is 0 Å². The molecule has 1 aromatic heterocycles. The highest BCUT2D eigenvalue weighted by Crippen LogP contribution is 2.25. The first kappa shape index (κ1) is 18.6. The monoisotopic (exact) mass is 331 g/mol. The molecule has 1 unspecified atom stereocenters. The molecule has 1 radical (unpaired) electrons. The van der Waals surface area contributed by atoms with Crippen LogP contribution in [0.25, 0.3) is 0 Å². The number of nitrogens with zero attached hydrogens (tertiary/aromatic N) is 2. The molecule has 0 N–H and O–H groups in total. The molecule has 0 aromatic carbocycles. The number of hydrogen-bond donors (Lipinski definition) is 0. The van der Waals surface area contributed by atoms with Gasteiger partial charge in [0.05, 0.1) is 12.0 Å². The van der Waals surface area contributed by atoms with Gasteiger partial charge in [-0.25, -0.2) is 0 Å². The number of rotatable bonds is 4. The molecule has 1 aromatic rings. The number of hydrogen-bond acceptors (Lipinski definition) is 3. The molecular formula is C22H23N2O. The highest BCUT2D eigenvalue weighted by molar-refractivity contribution is 6.13.